The normalized spacial score (nSPS) is 12.9. The summed E-state index contributed by atoms with van der Waals surface area (Å²) in [5, 5.41) is 13.7. The van der Waals surface area contributed by atoms with Gasteiger partial charge in [0, 0.05) is 18.2 Å². The lowest BCUT2D eigenvalue weighted by Crippen LogP contribution is -2.38. The number of nitriles is 1. The number of carbonyl (C=O) groups is 1. The molecule has 4 rings (SSSR count). The number of hydrogen-bond donors (Lipinski definition) is 0. The van der Waals surface area contributed by atoms with Crippen molar-refractivity contribution in [2.45, 2.75) is 26.6 Å². The van der Waals surface area contributed by atoms with Gasteiger partial charge in [0.25, 0.3) is 5.91 Å². The Morgan fingerprint density at radius 1 is 1.24 bits per heavy atom. The van der Waals surface area contributed by atoms with E-state index in [4.69, 9.17) is 4.74 Å². The van der Waals surface area contributed by atoms with Gasteiger partial charge in [-0.05, 0) is 42.8 Å². The molecule has 2 heterocycles. The van der Waals surface area contributed by atoms with E-state index in [2.05, 4.69) is 11.2 Å². The van der Waals surface area contributed by atoms with Crippen molar-refractivity contribution < 1.29 is 13.9 Å². The van der Waals surface area contributed by atoms with E-state index in [1.54, 1.807) is 35.2 Å². The molecule has 0 fully saturated rings. The summed E-state index contributed by atoms with van der Waals surface area (Å²) in [6.45, 7) is 3.62. The molecule has 146 valence electrons. The average Bonchev–Trinajstić information content (AvgIpc) is 3.14. The van der Waals surface area contributed by atoms with Crippen molar-refractivity contribution in [2.24, 2.45) is 0 Å². The number of halogens is 1. The number of rotatable bonds is 4. The van der Waals surface area contributed by atoms with Crippen LogP contribution in [0.1, 0.15) is 32.9 Å². The summed E-state index contributed by atoms with van der Waals surface area (Å²) < 4.78 is 20.7. The van der Waals surface area contributed by atoms with Crippen LogP contribution in [-0.4, -0.2) is 27.1 Å². The molecule has 29 heavy (non-hydrogen) atoms. The van der Waals surface area contributed by atoms with Crippen molar-refractivity contribution in [2.75, 3.05) is 6.54 Å². The van der Waals surface area contributed by atoms with Gasteiger partial charge in [-0.25, -0.2) is 4.39 Å². The molecule has 0 spiro atoms. The van der Waals surface area contributed by atoms with E-state index in [9.17, 15) is 14.4 Å². The highest BCUT2D eigenvalue weighted by Gasteiger charge is 2.23. The summed E-state index contributed by atoms with van der Waals surface area (Å²) >= 11 is 0. The highest BCUT2D eigenvalue weighted by Crippen LogP contribution is 2.19. The van der Waals surface area contributed by atoms with Crippen LogP contribution < -0.4 is 4.74 Å². The largest absolute Gasteiger partial charge is 0.487 e. The maximum Gasteiger partial charge on any atom is 0.254 e. The smallest absolute Gasteiger partial charge is 0.254 e. The van der Waals surface area contributed by atoms with Crippen LogP contribution in [0.3, 0.4) is 0 Å². The SMILES string of the molecule is Cc1ccc(C(=O)N2CCn3nc(COc4cccc(F)c4)cc3C2)cc1C#N. The molecular formula is C22H19FN4O2. The van der Waals surface area contributed by atoms with Crippen molar-refractivity contribution in [1.29, 1.82) is 5.26 Å². The Labute approximate surface area is 167 Å². The van der Waals surface area contributed by atoms with E-state index in [0.717, 1.165) is 17.0 Å². The minimum Gasteiger partial charge on any atom is -0.487 e. The lowest BCUT2D eigenvalue weighted by Gasteiger charge is -2.27. The maximum absolute atomic E-state index is 13.3. The first-order valence-corrected chi connectivity index (χ1v) is 9.27. The molecule has 0 unspecified atom stereocenters. The first-order chi connectivity index (χ1) is 14.0. The van der Waals surface area contributed by atoms with Crippen LogP contribution in [0.5, 0.6) is 5.75 Å². The van der Waals surface area contributed by atoms with E-state index in [-0.39, 0.29) is 18.3 Å². The molecule has 0 radical (unpaired) electrons. The van der Waals surface area contributed by atoms with Gasteiger partial charge in [0.2, 0.25) is 0 Å². The van der Waals surface area contributed by atoms with Crippen LogP contribution in [-0.2, 0) is 19.7 Å². The van der Waals surface area contributed by atoms with Gasteiger partial charge in [-0.3, -0.25) is 9.48 Å². The Morgan fingerprint density at radius 2 is 2.10 bits per heavy atom. The monoisotopic (exact) mass is 390 g/mol. The zero-order valence-electron chi connectivity index (χ0n) is 15.9. The fourth-order valence-corrected chi connectivity index (χ4v) is 3.34. The molecule has 0 saturated carbocycles. The van der Waals surface area contributed by atoms with Gasteiger partial charge < -0.3 is 9.64 Å². The van der Waals surface area contributed by atoms with Gasteiger partial charge in [0.05, 0.1) is 30.4 Å². The molecule has 1 aliphatic rings. The molecular weight excluding hydrogens is 371 g/mol. The molecule has 0 bridgehead atoms. The summed E-state index contributed by atoms with van der Waals surface area (Å²) in [4.78, 5) is 14.6. The van der Waals surface area contributed by atoms with Gasteiger partial charge in [-0.1, -0.05) is 12.1 Å². The molecule has 0 atom stereocenters. The highest BCUT2D eigenvalue weighted by atomic mass is 19.1. The molecule has 1 aliphatic heterocycles. The number of ether oxygens (including phenoxy) is 1. The third-order valence-corrected chi connectivity index (χ3v) is 4.92. The number of aryl methyl sites for hydroxylation is 1. The van der Waals surface area contributed by atoms with Crippen LogP contribution >= 0.6 is 0 Å². The molecule has 2 aromatic carbocycles. The number of fused-ring (bicyclic) bond motifs is 1. The minimum absolute atomic E-state index is 0.105. The van der Waals surface area contributed by atoms with Gasteiger partial charge in [0.1, 0.15) is 23.9 Å². The van der Waals surface area contributed by atoms with Crippen molar-refractivity contribution >= 4 is 5.91 Å². The first-order valence-electron chi connectivity index (χ1n) is 9.27. The number of hydrogen-bond acceptors (Lipinski definition) is 4. The standard InChI is InChI=1S/C22H19FN4O2/c1-15-5-6-16(9-17(15)12-24)22(28)26-7-8-27-20(13-26)11-19(25-27)14-29-21-4-2-3-18(23)10-21/h2-6,9-11H,7-8,13-14H2,1H3. The number of aromatic nitrogens is 2. The Morgan fingerprint density at radius 3 is 2.90 bits per heavy atom. The molecule has 3 aromatic rings. The van der Waals surface area contributed by atoms with Crippen LogP contribution in [0.4, 0.5) is 4.39 Å². The zero-order chi connectivity index (χ0) is 20.4. The average molecular weight is 390 g/mol. The Bertz CT molecular complexity index is 1120. The van der Waals surface area contributed by atoms with Gasteiger partial charge >= 0.3 is 0 Å². The quantitative estimate of drug-likeness (QED) is 0.684. The van der Waals surface area contributed by atoms with Gasteiger partial charge in [0.15, 0.2) is 0 Å². The summed E-state index contributed by atoms with van der Waals surface area (Å²) in [6, 6.07) is 15.2. The van der Waals surface area contributed by atoms with Crippen molar-refractivity contribution in [3.63, 3.8) is 0 Å². The predicted molar refractivity (Wildman–Crippen MR) is 104 cm³/mol. The van der Waals surface area contributed by atoms with Gasteiger partial charge in [-0.2, -0.15) is 10.4 Å². The fourth-order valence-electron chi connectivity index (χ4n) is 3.34. The second-order valence-electron chi connectivity index (χ2n) is 6.96. The van der Waals surface area contributed by atoms with E-state index in [1.165, 1.54) is 12.1 Å². The lowest BCUT2D eigenvalue weighted by atomic mass is 10.0. The Kier molecular flexibility index (Phi) is 5.00. The second kappa shape index (κ2) is 7.76. The molecule has 6 nitrogen and oxygen atoms in total. The van der Waals surface area contributed by atoms with Crippen LogP contribution in [0.2, 0.25) is 0 Å². The van der Waals surface area contributed by atoms with Crippen LogP contribution in [0.25, 0.3) is 0 Å². The highest BCUT2D eigenvalue weighted by molar-refractivity contribution is 5.94. The number of nitrogens with zero attached hydrogens (tertiary/aromatic N) is 4. The van der Waals surface area contributed by atoms with Crippen molar-refractivity contribution in [1.82, 2.24) is 14.7 Å². The zero-order valence-corrected chi connectivity index (χ0v) is 15.9. The maximum atomic E-state index is 13.3. The van der Waals surface area contributed by atoms with Crippen LogP contribution in [0, 0.1) is 24.1 Å². The van der Waals surface area contributed by atoms with E-state index >= 15 is 0 Å². The molecule has 0 N–H and O–H groups in total. The van der Waals surface area contributed by atoms with Crippen molar-refractivity contribution in [3.8, 4) is 11.8 Å². The second-order valence-corrected chi connectivity index (χ2v) is 6.96. The van der Waals surface area contributed by atoms with E-state index < -0.39 is 0 Å². The summed E-state index contributed by atoms with van der Waals surface area (Å²) in [5.74, 6) is -0.0107. The number of carbonyl (C=O) groups excluding carboxylic acids is 1. The Balaban J connectivity index is 1.45. The summed E-state index contributed by atoms with van der Waals surface area (Å²) in [6.07, 6.45) is 0. The van der Waals surface area contributed by atoms with E-state index in [1.807, 2.05) is 17.7 Å². The molecule has 0 saturated heterocycles. The summed E-state index contributed by atoms with van der Waals surface area (Å²) in [7, 11) is 0. The number of benzene rings is 2. The molecule has 1 aromatic heterocycles. The topological polar surface area (TPSA) is 71.2 Å². The molecule has 0 aliphatic carbocycles. The lowest BCUT2D eigenvalue weighted by molar-refractivity contribution is 0.0706. The first kappa shape index (κ1) is 18.7. The molecule has 7 heteroatoms. The molecule has 1 amide bonds. The van der Waals surface area contributed by atoms with Gasteiger partial charge in [-0.15, -0.1) is 0 Å². The number of amides is 1. The fraction of sp³-hybridized carbons (Fsp3) is 0.227. The minimum atomic E-state index is -0.351. The third kappa shape index (κ3) is 3.97. The third-order valence-electron chi connectivity index (χ3n) is 4.92. The Hall–Kier alpha value is -3.66. The van der Waals surface area contributed by atoms with E-state index in [0.29, 0.717) is 36.5 Å². The predicted octanol–water partition coefficient (Wildman–Crippen LogP) is 3.44. The van der Waals surface area contributed by atoms with Crippen LogP contribution in [0.15, 0.2) is 48.5 Å². The summed E-state index contributed by atoms with van der Waals surface area (Å²) in [5.41, 5.74) is 3.50. The van der Waals surface area contributed by atoms with Crippen molar-refractivity contribution in [3.05, 3.63) is 82.4 Å².